The van der Waals surface area contributed by atoms with Crippen molar-refractivity contribution in [3.05, 3.63) is 48.4 Å². The van der Waals surface area contributed by atoms with Crippen LogP contribution in [0, 0.1) is 11.3 Å². The van der Waals surface area contributed by atoms with Crippen LogP contribution >= 0.6 is 0 Å². The monoisotopic (exact) mass is 235 g/mol. The molecule has 5 heteroatoms. The molecular weight excluding hydrogens is 226 g/mol. The summed E-state index contributed by atoms with van der Waals surface area (Å²) in [6.45, 7) is 0. The number of nitrogen functional groups attached to an aromatic ring is 1. The predicted molar refractivity (Wildman–Crippen MR) is 67.6 cm³/mol. The van der Waals surface area contributed by atoms with Gasteiger partial charge in [-0.25, -0.2) is 4.98 Å². The van der Waals surface area contributed by atoms with E-state index >= 15 is 0 Å². The summed E-state index contributed by atoms with van der Waals surface area (Å²) in [7, 11) is 0. The molecule has 0 aliphatic rings. The first kappa shape index (κ1) is 10.3. The zero-order valence-corrected chi connectivity index (χ0v) is 9.41. The summed E-state index contributed by atoms with van der Waals surface area (Å²) in [6.07, 6.45) is 5.09. The molecule has 3 aromatic rings. The number of hydrogen-bond donors (Lipinski definition) is 1. The highest BCUT2D eigenvalue weighted by Gasteiger charge is 2.10. The lowest BCUT2D eigenvalue weighted by atomic mass is 10.1. The lowest BCUT2D eigenvalue weighted by Gasteiger charge is -1.99. The molecule has 0 aliphatic heterocycles. The van der Waals surface area contributed by atoms with Crippen LogP contribution in [0.1, 0.15) is 5.56 Å². The number of anilines is 1. The second kappa shape index (κ2) is 3.86. The van der Waals surface area contributed by atoms with Crippen LogP contribution in [0.2, 0.25) is 0 Å². The summed E-state index contributed by atoms with van der Waals surface area (Å²) in [4.78, 5) is 8.44. The highest BCUT2D eigenvalue weighted by molar-refractivity contribution is 5.74. The molecular formula is C13H9N5. The van der Waals surface area contributed by atoms with Crippen LogP contribution in [0.5, 0.6) is 0 Å². The van der Waals surface area contributed by atoms with Gasteiger partial charge in [0.05, 0.1) is 17.8 Å². The molecule has 18 heavy (non-hydrogen) atoms. The van der Waals surface area contributed by atoms with Gasteiger partial charge in [0.25, 0.3) is 0 Å². The summed E-state index contributed by atoms with van der Waals surface area (Å²) < 4.78 is 1.78. The first-order chi connectivity index (χ1) is 8.79. The molecule has 2 heterocycles. The van der Waals surface area contributed by atoms with E-state index in [-0.39, 0.29) is 0 Å². The molecule has 0 spiro atoms. The highest BCUT2D eigenvalue weighted by atomic mass is 15.1. The Bertz CT molecular complexity index is 749. The third-order valence-corrected chi connectivity index (χ3v) is 2.75. The fourth-order valence-electron chi connectivity index (χ4n) is 1.84. The molecule has 2 N–H and O–H groups in total. The van der Waals surface area contributed by atoms with Gasteiger partial charge in [0.2, 0.25) is 0 Å². The molecule has 0 aliphatic carbocycles. The van der Waals surface area contributed by atoms with Crippen molar-refractivity contribution in [2.24, 2.45) is 0 Å². The van der Waals surface area contributed by atoms with Crippen LogP contribution in [0.15, 0.2) is 42.9 Å². The fraction of sp³-hybridized carbons (Fsp3) is 0. The Kier molecular flexibility index (Phi) is 2.21. The normalized spacial score (nSPS) is 10.4. The van der Waals surface area contributed by atoms with Crippen molar-refractivity contribution in [2.75, 3.05) is 5.73 Å². The first-order valence-corrected chi connectivity index (χ1v) is 5.37. The average molecular weight is 235 g/mol. The van der Waals surface area contributed by atoms with E-state index in [4.69, 9.17) is 11.0 Å². The maximum atomic E-state index is 8.77. The maximum Gasteiger partial charge on any atom is 0.157 e. The topological polar surface area (TPSA) is 80.0 Å². The summed E-state index contributed by atoms with van der Waals surface area (Å²) in [5.74, 6) is 0.567. The second-order valence-corrected chi connectivity index (χ2v) is 3.84. The lowest BCUT2D eigenvalue weighted by molar-refractivity contribution is 1.13. The van der Waals surface area contributed by atoms with Crippen molar-refractivity contribution in [1.82, 2.24) is 14.4 Å². The van der Waals surface area contributed by atoms with Crippen molar-refractivity contribution in [3.8, 4) is 17.3 Å². The maximum absolute atomic E-state index is 8.77. The van der Waals surface area contributed by atoms with Gasteiger partial charge in [0.15, 0.2) is 5.65 Å². The largest absolute Gasteiger partial charge is 0.383 e. The van der Waals surface area contributed by atoms with Gasteiger partial charge in [-0.3, -0.25) is 9.38 Å². The molecule has 0 saturated heterocycles. The molecule has 0 amide bonds. The smallest absolute Gasteiger partial charge is 0.157 e. The predicted octanol–water partition coefficient (Wildman–Crippen LogP) is 1.85. The van der Waals surface area contributed by atoms with Crippen LogP contribution in [-0.2, 0) is 0 Å². The van der Waals surface area contributed by atoms with Gasteiger partial charge in [-0.2, -0.15) is 5.26 Å². The third-order valence-electron chi connectivity index (χ3n) is 2.75. The third kappa shape index (κ3) is 1.48. The summed E-state index contributed by atoms with van der Waals surface area (Å²) in [5, 5.41) is 8.77. The molecule has 0 radical (unpaired) electrons. The summed E-state index contributed by atoms with van der Waals surface area (Å²) in [5.41, 5.74) is 8.95. The van der Waals surface area contributed by atoms with E-state index in [1.165, 1.54) is 0 Å². The van der Waals surface area contributed by atoms with Crippen molar-refractivity contribution in [1.29, 1.82) is 5.26 Å². The van der Waals surface area contributed by atoms with E-state index in [2.05, 4.69) is 16.0 Å². The van der Waals surface area contributed by atoms with E-state index in [9.17, 15) is 0 Å². The highest BCUT2D eigenvalue weighted by Crippen LogP contribution is 2.25. The van der Waals surface area contributed by atoms with Crippen molar-refractivity contribution in [2.45, 2.75) is 0 Å². The van der Waals surface area contributed by atoms with Gasteiger partial charge >= 0.3 is 0 Å². The minimum atomic E-state index is 0.567. The average Bonchev–Trinajstić information content (AvgIpc) is 2.77. The van der Waals surface area contributed by atoms with E-state index in [1.54, 1.807) is 35.1 Å². The molecule has 2 aromatic heterocycles. The Balaban J connectivity index is 2.19. The van der Waals surface area contributed by atoms with Gasteiger partial charge in [0, 0.05) is 18.0 Å². The van der Waals surface area contributed by atoms with Crippen LogP contribution in [-0.4, -0.2) is 14.4 Å². The van der Waals surface area contributed by atoms with Crippen LogP contribution < -0.4 is 5.73 Å². The van der Waals surface area contributed by atoms with Crippen LogP contribution in [0.3, 0.4) is 0 Å². The molecule has 0 unspecified atom stereocenters. The number of rotatable bonds is 1. The van der Waals surface area contributed by atoms with Gasteiger partial charge in [-0.05, 0) is 12.1 Å². The second-order valence-electron chi connectivity index (χ2n) is 3.84. The van der Waals surface area contributed by atoms with E-state index in [0.717, 1.165) is 5.56 Å². The number of aromatic nitrogens is 3. The molecule has 1 aromatic carbocycles. The Morgan fingerprint density at radius 1 is 1.22 bits per heavy atom. The summed E-state index contributed by atoms with van der Waals surface area (Å²) >= 11 is 0. The van der Waals surface area contributed by atoms with E-state index < -0.39 is 0 Å². The van der Waals surface area contributed by atoms with Crippen LogP contribution in [0.25, 0.3) is 16.9 Å². The van der Waals surface area contributed by atoms with E-state index in [1.807, 2.05) is 12.1 Å². The standard InChI is InChI=1S/C13H9N5/c14-7-9-1-3-10(4-2-9)12-13(15)18-6-5-16-8-11(18)17-12/h1-6,8H,15H2. The minimum Gasteiger partial charge on any atom is -0.383 e. The molecule has 3 rings (SSSR count). The number of hydrogen-bond acceptors (Lipinski definition) is 4. The van der Waals surface area contributed by atoms with Crippen molar-refractivity contribution < 1.29 is 0 Å². The number of benzene rings is 1. The molecule has 0 bridgehead atoms. The van der Waals surface area contributed by atoms with Gasteiger partial charge in [0.1, 0.15) is 11.5 Å². The van der Waals surface area contributed by atoms with Gasteiger partial charge in [-0.15, -0.1) is 0 Å². The summed E-state index contributed by atoms with van der Waals surface area (Å²) in [6, 6.07) is 9.25. The molecule has 5 nitrogen and oxygen atoms in total. The first-order valence-electron chi connectivity index (χ1n) is 5.37. The van der Waals surface area contributed by atoms with Crippen LogP contribution in [0.4, 0.5) is 5.82 Å². The Morgan fingerprint density at radius 3 is 2.67 bits per heavy atom. The molecule has 86 valence electrons. The zero-order valence-electron chi connectivity index (χ0n) is 9.41. The number of nitriles is 1. The number of nitrogens with two attached hydrogens (primary N) is 1. The van der Waals surface area contributed by atoms with Crippen molar-refractivity contribution in [3.63, 3.8) is 0 Å². The van der Waals surface area contributed by atoms with Crippen molar-refractivity contribution >= 4 is 11.5 Å². The molecule has 0 saturated carbocycles. The quantitative estimate of drug-likeness (QED) is 0.698. The Morgan fingerprint density at radius 2 is 2.00 bits per heavy atom. The molecule has 0 atom stereocenters. The number of fused-ring (bicyclic) bond motifs is 1. The fourth-order valence-corrected chi connectivity index (χ4v) is 1.84. The number of imidazole rings is 1. The lowest BCUT2D eigenvalue weighted by Crippen LogP contribution is -1.93. The van der Waals surface area contributed by atoms with Gasteiger partial charge in [-0.1, -0.05) is 12.1 Å². The Hall–Kier alpha value is -2.87. The van der Waals surface area contributed by atoms with E-state index in [0.29, 0.717) is 22.7 Å². The Labute approximate surface area is 103 Å². The minimum absolute atomic E-state index is 0.567. The zero-order chi connectivity index (χ0) is 12.5. The van der Waals surface area contributed by atoms with Gasteiger partial charge < -0.3 is 5.73 Å². The molecule has 0 fully saturated rings. The number of nitrogens with zero attached hydrogens (tertiary/aromatic N) is 4. The SMILES string of the molecule is N#Cc1ccc(-c2nc3cnccn3c2N)cc1.